The zero-order chi connectivity index (χ0) is 22.4. The average Bonchev–Trinajstić information content (AvgIpc) is 2.78. The summed E-state index contributed by atoms with van der Waals surface area (Å²) in [5.41, 5.74) is 2.21. The first kappa shape index (κ1) is 22.3. The van der Waals surface area contributed by atoms with Gasteiger partial charge >= 0.3 is 0 Å². The van der Waals surface area contributed by atoms with Crippen LogP contribution in [0.5, 0.6) is 5.75 Å². The standard InChI is InChI=1S/C25H29N3O3/c1-5-31-22-13-11-21(12-14-22)23-15-16-24(29)28(26-23)19(4)25(30)27(18(2)3)17-20-9-7-6-8-10-20/h6-16,18-19H,5,17H2,1-4H3. The van der Waals surface area contributed by atoms with E-state index in [4.69, 9.17) is 4.74 Å². The van der Waals surface area contributed by atoms with E-state index in [9.17, 15) is 9.59 Å². The number of aromatic nitrogens is 2. The van der Waals surface area contributed by atoms with E-state index in [1.165, 1.54) is 10.7 Å². The Morgan fingerprint density at radius 3 is 2.29 bits per heavy atom. The molecule has 0 aliphatic rings. The maximum absolute atomic E-state index is 13.3. The topological polar surface area (TPSA) is 64.4 Å². The van der Waals surface area contributed by atoms with Gasteiger partial charge in [-0.05, 0) is 63.6 Å². The van der Waals surface area contributed by atoms with Crippen molar-refractivity contribution in [3.8, 4) is 17.0 Å². The van der Waals surface area contributed by atoms with Gasteiger partial charge in [0.2, 0.25) is 5.91 Å². The van der Waals surface area contributed by atoms with Gasteiger partial charge in [-0.2, -0.15) is 5.10 Å². The quantitative estimate of drug-likeness (QED) is 0.546. The van der Waals surface area contributed by atoms with Crippen molar-refractivity contribution in [3.05, 3.63) is 82.6 Å². The fraction of sp³-hybridized carbons (Fsp3) is 0.320. The Morgan fingerprint density at radius 2 is 1.68 bits per heavy atom. The molecule has 0 bridgehead atoms. The van der Waals surface area contributed by atoms with Crippen LogP contribution in [-0.2, 0) is 11.3 Å². The molecular weight excluding hydrogens is 390 g/mol. The predicted octanol–water partition coefficient (Wildman–Crippen LogP) is 4.31. The molecule has 0 aliphatic carbocycles. The average molecular weight is 420 g/mol. The smallest absolute Gasteiger partial charge is 0.267 e. The highest BCUT2D eigenvalue weighted by molar-refractivity contribution is 5.80. The minimum Gasteiger partial charge on any atom is -0.494 e. The molecule has 6 nitrogen and oxygen atoms in total. The predicted molar refractivity (Wildman–Crippen MR) is 122 cm³/mol. The van der Waals surface area contributed by atoms with Gasteiger partial charge in [0.1, 0.15) is 11.8 Å². The summed E-state index contributed by atoms with van der Waals surface area (Å²) in [4.78, 5) is 27.6. The summed E-state index contributed by atoms with van der Waals surface area (Å²) >= 11 is 0. The normalized spacial score (nSPS) is 11.9. The lowest BCUT2D eigenvalue weighted by Gasteiger charge is -2.30. The molecule has 1 aromatic heterocycles. The Balaban J connectivity index is 1.87. The SMILES string of the molecule is CCOc1ccc(-c2ccc(=O)n(C(C)C(=O)N(Cc3ccccc3)C(C)C)n2)cc1. The molecule has 3 rings (SSSR count). The lowest BCUT2D eigenvalue weighted by atomic mass is 10.1. The Labute approximate surface area is 183 Å². The Morgan fingerprint density at radius 1 is 1.00 bits per heavy atom. The van der Waals surface area contributed by atoms with E-state index >= 15 is 0 Å². The van der Waals surface area contributed by atoms with Crippen LogP contribution in [0.4, 0.5) is 0 Å². The van der Waals surface area contributed by atoms with Crippen molar-refractivity contribution < 1.29 is 9.53 Å². The van der Waals surface area contributed by atoms with E-state index in [-0.39, 0.29) is 17.5 Å². The number of nitrogens with zero attached hydrogens (tertiary/aromatic N) is 3. The lowest BCUT2D eigenvalue weighted by Crippen LogP contribution is -2.43. The van der Waals surface area contributed by atoms with Gasteiger partial charge < -0.3 is 9.64 Å². The second kappa shape index (κ2) is 10.1. The monoisotopic (exact) mass is 419 g/mol. The molecule has 31 heavy (non-hydrogen) atoms. The second-order valence-corrected chi connectivity index (χ2v) is 7.68. The van der Waals surface area contributed by atoms with Gasteiger partial charge in [-0.25, -0.2) is 4.68 Å². The van der Waals surface area contributed by atoms with Gasteiger partial charge in [0.05, 0.1) is 12.3 Å². The van der Waals surface area contributed by atoms with E-state index in [1.807, 2.05) is 75.4 Å². The van der Waals surface area contributed by atoms with E-state index in [1.54, 1.807) is 17.9 Å². The molecule has 1 unspecified atom stereocenters. The van der Waals surface area contributed by atoms with Gasteiger partial charge in [-0.3, -0.25) is 9.59 Å². The molecule has 2 aromatic carbocycles. The summed E-state index contributed by atoms with van der Waals surface area (Å²) in [5.74, 6) is 0.633. The molecule has 0 radical (unpaired) electrons. The number of hydrogen-bond donors (Lipinski definition) is 0. The van der Waals surface area contributed by atoms with Crippen molar-refractivity contribution in [2.75, 3.05) is 6.61 Å². The van der Waals surface area contributed by atoms with Crippen molar-refractivity contribution in [1.29, 1.82) is 0 Å². The molecule has 162 valence electrons. The van der Waals surface area contributed by atoms with E-state index in [0.29, 0.717) is 18.8 Å². The highest BCUT2D eigenvalue weighted by atomic mass is 16.5. The zero-order valence-electron chi connectivity index (χ0n) is 18.5. The van der Waals surface area contributed by atoms with Crippen LogP contribution in [0.1, 0.15) is 39.3 Å². The summed E-state index contributed by atoms with van der Waals surface area (Å²) in [7, 11) is 0. The Bertz CT molecular complexity index is 1060. The summed E-state index contributed by atoms with van der Waals surface area (Å²) in [5, 5.41) is 4.50. The van der Waals surface area contributed by atoms with Crippen LogP contribution in [0.2, 0.25) is 0 Å². The van der Waals surface area contributed by atoms with Crippen LogP contribution < -0.4 is 10.3 Å². The van der Waals surface area contributed by atoms with Gasteiger partial charge in [-0.15, -0.1) is 0 Å². The number of rotatable bonds is 8. The van der Waals surface area contributed by atoms with Crippen LogP contribution >= 0.6 is 0 Å². The fourth-order valence-electron chi connectivity index (χ4n) is 3.38. The molecule has 0 fully saturated rings. The zero-order valence-corrected chi connectivity index (χ0v) is 18.5. The summed E-state index contributed by atoms with van der Waals surface area (Å²) in [6.45, 7) is 8.67. The maximum atomic E-state index is 13.3. The van der Waals surface area contributed by atoms with Gasteiger partial charge in [-0.1, -0.05) is 30.3 Å². The van der Waals surface area contributed by atoms with Crippen molar-refractivity contribution in [1.82, 2.24) is 14.7 Å². The third-order valence-electron chi connectivity index (χ3n) is 5.11. The first-order valence-electron chi connectivity index (χ1n) is 10.6. The molecule has 6 heteroatoms. The van der Waals surface area contributed by atoms with Crippen LogP contribution in [0.3, 0.4) is 0 Å². The summed E-state index contributed by atoms with van der Waals surface area (Å²) in [6.07, 6.45) is 0. The molecule has 0 saturated carbocycles. The van der Waals surface area contributed by atoms with Gasteiger partial charge in [0.25, 0.3) is 5.56 Å². The van der Waals surface area contributed by atoms with Crippen molar-refractivity contribution in [3.63, 3.8) is 0 Å². The van der Waals surface area contributed by atoms with Crippen molar-refractivity contribution in [2.24, 2.45) is 0 Å². The minimum absolute atomic E-state index is 0.0137. The van der Waals surface area contributed by atoms with Crippen LogP contribution in [0.15, 0.2) is 71.5 Å². The minimum atomic E-state index is -0.721. The largest absolute Gasteiger partial charge is 0.494 e. The van der Waals surface area contributed by atoms with Gasteiger partial charge in [0, 0.05) is 24.2 Å². The van der Waals surface area contributed by atoms with Crippen LogP contribution in [0, 0.1) is 0 Å². The first-order valence-corrected chi connectivity index (χ1v) is 10.6. The summed E-state index contributed by atoms with van der Waals surface area (Å²) < 4.78 is 6.75. The second-order valence-electron chi connectivity index (χ2n) is 7.68. The number of benzene rings is 2. The van der Waals surface area contributed by atoms with Crippen molar-refractivity contribution >= 4 is 5.91 Å². The highest BCUT2D eigenvalue weighted by Crippen LogP contribution is 2.21. The molecule has 1 atom stereocenters. The number of amides is 1. The fourth-order valence-corrected chi connectivity index (χ4v) is 3.38. The molecule has 1 heterocycles. The molecular formula is C25H29N3O3. The van der Waals surface area contributed by atoms with E-state index in [2.05, 4.69) is 5.10 Å². The van der Waals surface area contributed by atoms with Crippen LogP contribution in [-0.4, -0.2) is 33.2 Å². The van der Waals surface area contributed by atoms with Gasteiger partial charge in [0.15, 0.2) is 0 Å². The Kier molecular flexibility index (Phi) is 7.23. The number of carbonyl (C=O) groups is 1. The van der Waals surface area contributed by atoms with Crippen LogP contribution in [0.25, 0.3) is 11.3 Å². The molecule has 0 aliphatic heterocycles. The highest BCUT2D eigenvalue weighted by Gasteiger charge is 2.26. The molecule has 0 saturated heterocycles. The molecule has 3 aromatic rings. The maximum Gasteiger partial charge on any atom is 0.267 e. The number of ether oxygens (including phenoxy) is 1. The van der Waals surface area contributed by atoms with E-state index in [0.717, 1.165) is 16.9 Å². The molecule has 0 spiro atoms. The van der Waals surface area contributed by atoms with E-state index < -0.39 is 6.04 Å². The molecule has 1 amide bonds. The third-order valence-corrected chi connectivity index (χ3v) is 5.11. The Hall–Kier alpha value is -3.41. The summed E-state index contributed by atoms with van der Waals surface area (Å²) in [6, 6.07) is 19.8. The number of carbonyl (C=O) groups excluding carboxylic acids is 1. The lowest BCUT2D eigenvalue weighted by molar-refractivity contribution is -0.137. The first-order chi connectivity index (χ1) is 14.9. The molecule has 0 N–H and O–H groups in total. The third kappa shape index (κ3) is 5.40. The number of hydrogen-bond acceptors (Lipinski definition) is 4. The van der Waals surface area contributed by atoms with Crippen molar-refractivity contribution in [2.45, 2.75) is 46.3 Å².